The maximum absolute atomic E-state index is 10.8. The summed E-state index contributed by atoms with van der Waals surface area (Å²) in [6, 6.07) is 0. The average Bonchev–Trinajstić information content (AvgIpc) is 1.95. The maximum atomic E-state index is 10.8. The molecule has 54 valence electrons. The van der Waals surface area contributed by atoms with Gasteiger partial charge in [-0.05, 0) is 6.92 Å². The minimum absolute atomic E-state index is 0.178. The molecule has 0 bridgehead atoms. The summed E-state index contributed by atoms with van der Waals surface area (Å²) in [7, 11) is 0. The van der Waals surface area contributed by atoms with Crippen LogP contribution in [-0.2, 0) is 0 Å². The lowest BCUT2D eigenvalue weighted by Gasteiger charge is -1.98. The second-order valence-corrected chi connectivity index (χ2v) is 1.85. The molecule has 0 atom stereocenters. The molecular formula is C5H8N4O. The first kappa shape index (κ1) is 6.76. The lowest BCUT2D eigenvalue weighted by atomic mass is 10.3. The average molecular weight is 140 g/mol. The summed E-state index contributed by atoms with van der Waals surface area (Å²) in [6.07, 6.45) is 1.30. The smallest absolute Gasteiger partial charge is 0.255 e. The van der Waals surface area contributed by atoms with Gasteiger partial charge in [0.25, 0.3) is 5.56 Å². The first-order chi connectivity index (χ1) is 4.75. The van der Waals surface area contributed by atoms with E-state index in [9.17, 15) is 4.79 Å². The predicted molar refractivity (Wildman–Crippen MR) is 37.4 cm³/mol. The van der Waals surface area contributed by atoms with Crippen LogP contribution in [0.4, 0.5) is 5.82 Å². The zero-order valence-corrected chi connectivity index (χ0v) is 5.51. The maximum Gasteiger partial charge on any atom is 0.255 e. The molecule has 0 spiro atoms. The molecule has 5 heteroatoms. The summed E-state index contributed by atoms with van der Waals surface area (Å²) >= 11 is 0. The van der Waals surface area contributed by atoms with Crippen molar-refractivity contribution in [2.45, 2.75) is 6.92 Å². The van der Waals surface area contributed by atoms with E-state index < -0.39 is 0 Å². The van der Waals surface area contributed by atoms with Crippen molar-refractivity contribution < 1.29 is 0 Å². The number of hydrogen-bond donors (Lipinski definition) is 3. The Morgan fingerprint density at radius 1 is 1.80 bits per heavy atom. The number of nitrogens with zero attached hydrogens (tertiary/aromatic N) is 1. The fourth-order valence-electron chi connectivity index (χ4n) is 0.614. The van der Waals surface area contributed by atoms with Gasteiger partial charge in [0.1, 0.15) is 5.82 Å². The Morgan fingerprint density at radius 3 is 3.00 bits per heavy atom. The number of hydrogen-bond acceptors (Lipinski definition) is 4. The van der Waals surface area contributed by atoms with E-state index in [1.54, 1.807) is 6.92 Å². The van der Waals surface area contributed by atoms with Crippen LogP contribution < -0.4 is 16.8 Å². The fraction of sp³-hybridized carbons (Fsp3) is 0.200. The molecule has 0 amide bonds. The molecule has 1 rings (SSSR count). The highest BCUT2D eigenvalue weighted by molar-refractivity contribution is 5.39. The van der Waals surface area contributed by atoms with Crippen LogP contribution in [-0.4, -0.2) is 9.97 Å². The Kier molecular flexibility index (Phi) is 1.68. The Labute approximate surface area is 57.3 Å². The molecule has 10 heavy (non-hydrogen) atoms. The third-order valence-corrected chi connectivity index (χ3v) is 1.22. The molecule has 1 aromatic rings. The van der Waals surface area contributed by atoms with Gasteiger partial charge in [-0.15, -0.1) is 0 Å². The van der Waals surface area contributed by atoms with E-state index in [1.807, 2.05) is 0 Å². The molecule has 0 aliphatic rings. The van der Waals surface area contributed by atoms with Crippen LogP contribution in [0, 0.1) is 6.92 Å². The van der Waals surface area contributed by atoms with Crippen LogP contribution in [0.3, 0.4) is 0 Å². The van der Waals surface area contributed by atoms with Gasteiger partial charge >= 0.3 is 0 Å². The van der Waals surface area contributed by atoms with Crippen LogP contribution in [0.15, 0.2) is 11.1 Å². The van der Waals surface area contributed by atoms with Crippen molar-refractivity contribution in [1.29, 1.82) is 0 Å². The Morgan fingerprint density at radius 2 is 2.50 bits per heavy atom. The van der Waals surface area contributed by atoms with Crippen LogP contribution >= 0.6 is 0 Å². The number of aromatic amines is 1. The highest BCUT2D eigenvalue weighted by Crippen LogP contribution is 1.99. The van der Waals surface area contributed by atoms with Gasteiger partial charge in [-0.25, -0.2) is 10.8 Å². The lowest BCUT2D eigenvalue weighted by Crippen LogP contribution is -2.17. The summed E-state index contributed by atoms with van der Waals surface area (Å²) in [4.78, 5) is 17.0. The molecule has 4 N–H and O–H groups in total. The van der Waals surface area contributed by atoms with Gasteiger partial charge in [-0.3, -0.25) is 4.79 Å². The van der Waals surface area contributed by atoms with Crippen molar-refractivity contribution in [2.75, 3.05) is 5.43 Å². The molecule has 1 aromatic heterocycles. The number of anilines is 1. The van der Waals surface area contributed by atoms with E-state index in [-0.39, 0.29) is 5.56 Å². The normalized spacial score (nSPS) is 9.40. The second-order valence-electron chi connectivity index (χ2n) is 1.85. The summed E-state index contributed by atoms with van der Waals surface area (Å²) in [5, 5.41) is 0. The Balaban J connectivity index is 3.28. The molecule has 0 saturated carbocycles. The van der Waals surface area contributed by atoms with E-state index in [1.165, 1.54) is 6.33 Å². The van der Waals surface area contributed by atoms with E-state index in [0.717, 1.165) is 0 Å². The van der Waals surface area contributed by atoms with Gasteiger partial charge in [0, 0.05) is 0 Å². The van der Waals surface area contributed by atoms with Crippen molar-refractivity contribution in [3.8, 4) is 0 Å². The molecular weight excluding hydrogens is 132 g/mol. The van der Waals surface area contributed by atoms with Crippen molar-refractivity contribution in [3.05, 3.63) is 22.2 Å². The molecule has 0 radical (unpaired) electrons. The van der Waals surface area contributed by atoms with Crippen LogP contribution in [0.1, 0.15) is 5.56 Å². The number of hydrazine groups is 1. The molecule has 0 aliphatic carbocycles. The summed E-state index contributed by atoms with van der Waals surface area (Å²) in [5.74, 6) is 5.46. The zero-order chi connectivity index (χ0) is 7.56. The molecule has 0 aliphatic heterocycles. The van der Waals surface area contributed by atoms with E-state index in [4.69, 9.17) is 5.84 Å². The van der Waals surface area contributed by atoms with Crippen molar-refractivity contribution in [2.24, 2.45) is 5.84 Å². The molecule has 1 heterocycles. The van der Waals surface area contributed by atoms with Crippen LogP contribution in [0.5, 0.6) is 0 Å². The van der Waals surface area contributed by atoms with Gasteiger partial charge in [0.2, 0.25) is 0 Å². The molecule has 0 fully saturated rings. The van der Waals surface area contributed by atoms with E-state index >= 15 is 0 Å². The SMILES string of the molecule is Cc1c(NN)nc[nH]c1=O. The summed E-state index contributed by atoms with van der Waals surface area (Å²) in [5.41, 5.74) is 2.62. The third kappa shape index (κ3) is 0.985. The summed E-state index contributed by atoms with van der Waals surface area (Å²) < 4.78 is 0. The van der Waals surface area contributed by atoms with Crippen LogP contribution in [0.2, 0.25) is 0 Å². The standard InChI is InChI=1S/C5H8N4O/c1-3-4(9-6)7-2-8-5(3)10/h2H,6H2,1H3,(H2,7,8,9,10). The molecule has 5 nitrogen and oxygen atoms in total. The van der Waals surface area contributed by atoms with E-state index in [2.05, 4.69) is 15.4 Å². The minimum atomic E-state index is -0.178. The van der Waals surface area contributed by atoms with Gasteiger partial charge in [0.15, 0.2) is 0 Å². The number of nitrogens with two attached hydrogens (primary N) is 1. The minimum Gasteiger partial charge on any atom is -0.313 e. The van der Waals surface area contributed by atoms with Gasteiger partial charge < -0.3 is 10.4 Å². The quantitative estimate of drug-likeness (QED) is 0.358. The topological polar surface area (TPSA) is 83.8 Å². The monoisotopic (exact) mass is 140 g/mol. The molecule has 0 saturated heterocycles. The number of rotatable bonds is 1. The third-order valence-electron chi connectivity index (χ3n) is 1.22. The second kappa shape index (κ2) is 2.49. The largest absolute Gasteiger partial charge is 0.313 e. The van der Waals surface area contributed by atoms with Crippen molar-refractivity contribution in [3.63, 3.8) is 0 Å². The first-order valence-electron chi connectivity index (χ1n) is 2.76. The number of nitrogens with one attached hydrogen (secondary N) is 2. The lowest BCUT2D eigenvalue weighted by molar-refractivity contribution is 1.06. The first-order valence-corrected chi connectivity index (χ1v) is 2.76. The summed E-state index contributed by atoms with van der Waals surface area (Å²) in [6.45, 7) is 1.64. The number of aromatic nitrogens is 2. The fourth-order valence-corrected chi connectivity index (χ4v) is 0.614. The zero-order valence-electron chi connectivity index (χ0n) is 5.51. The highest BCUT2D eigenvalue weighted by Gasteiger charge is 1.98. The number of H-pyrrole nitrogens is 1. The van der Waals surface area contributed by atoms with Crippen LogP contribution in [0.25, 0.3) is 0 Å². The Hall–Kier alpha value is -1.36. The predicted octanol–water partition coefficient (Wildman–Crippen LogP) is -0.636. The number of nitrogen functional groups attached to an aromatic ring is 1. The van der Waals surface area contributed by atoms with E-state index in [0.29, 0.717) is 11.4 Å². The van der Waals surface area contributed by atoms with Crippen molar-refractivity contribution in [1.82, 2.24) is 9.97 Å². The molecule has 0 aromatic carbocycles. The molecule has 0 unspecified atom stereocenters. The van der Waals surface area contributed by atoms with Crippen molar-refractivity contribution >= 4 is 5.82 Å². The highest BCUT2D eigenvalue weighted by atomic mass is 16.1. The van der Waals surface area contributed by atoms with Gasteiger partial charge in [-0.2, -0.15) is 0 Å². The van der Waals surface area contributed by atoms with Gasteiger partial charge in [0.05, 0.1) is 11.9 Å². The Bertz CT molecular complexity index is 279. The van der Waals surface area contributed by atoms with Gasteiger partial charge in [-0.1, -0.05) is 0 Å².